The summed E-state index contributed by atoms with van der Waals surface area (Å²) in [5.41, 5.74) is 3.49. The summed E-state index contributed by atoms with van der Waals surface area (Å²) in [4.78, 5) is 24.3. The van der Waals surface area contributed by atoms with E-state index in [1.807, 2.05) is 5.32 Å². The van der Waals surface area contributed by atoms with Crippen LogP contribution < -0.4 is 25.8 Å². The second-order valence-electron chi connectivity index (χ2n) is 6.76. The number of unbranched alkanes of at least 4 members (excludes halogenated alkanes) is 1. The maximum atomic E-state index is 12.4. The van der Waals surface area contributed by atoms with Crippen LogP contribution in [0.1, 0.15) is 23.2 Å². The minimum atomic E-state index is -4.53. The highest BCUT2D eigenvalue weighted by molar-refractivity contribution is 5.96. The fourth-order valence-electron chi connectivity index (χ4n) is 2.72. The van der Waals surface area contributed by atoms with Crippen LogP contribution in [0.3, 0.4) is 0 Å². The van der Waals surface area contributed by atoms with Crippen LogP contribution in [0.4, 0.5) is 18.9 Å². The highest BCUT2D eigenvalue weighted by Crippen LogP contribution is 2.32. The quantitative estimate of drug-likeness (QED) is 0.294. The van der Waals surface area contributed by atoms with Crippen molar-refractivity contribution >= 4 is 17.5 Å². The Kier molecular flexibility index (Phi) is 8.91. The SMILES string of the molecule is C=CCCCOc1cc(C(=O)NCC(F)(F)F)ccc1N1C=C(C(=O)NCCO)NN1C. The molecule has 4 N–H and O–H groups in total. The lowest BCUT2D eigenvalue weighted by atomic mass is 10.1. The van der Waals surface area contributed by atoms with E-state index >= 15 is 0 Å². The summed E-state index contributed by atoms with van der Waals surface area (Å²) in [6.07, 6.45) is 0.0281. The first kappa shape index (κ1) is 25.0. The van der Waals surface area contributed by atoms with Crippen molar-refractivity contribution in [2.45, 2.75) is 19.0 Å². The smallest absolute Gasteiger partial charge is 0.405 e. The van der Waals surface area contributed by atoms with Crippen LogP contribution in [0.15, 0.2) is 42.8 Å². The van der Waals surface area contributed by atoms with E-state index in [1.165, 1.54) is 29.5 Å². The number of alkyl halides is 3. The van der Waals surface area contributed by atoms with Gasteiger partial charge in [0.1, 0.15) is 23.7 Å². The standard InChI is InChI=1S/C20H26F3N5O4/c1-3-4-5-10-32-17-11-14(18(30)25-13-20(21,22)23)6-7-16(17)28-12-15(26-27(28)2)19(31)24-8-9-29/h3,6-7,11-12,26,29H,1,4-5,8-10,13H2,2H3,(H,24,31)(H,25,30). The van der Waals surface area contributed by atoms with Gasteiger partial charge in [-0.15, -0.1) is 11.7 Å². The van der Waals surface area contributed by atoms with Crippen molar-refractivity contribution in [3.05, 3.63) is 48.3 Å². The zero-order valence-corrected chi connectivity index (χ0v) is 17.5. The number of nitrogens with zero attached hydrogens (tertiary/aromatic N) is 2. The number of allylic oxidation sites excluding steroid dienone is 1. The van der Waals surface area contributed by atoms with Crippen LogP contribution in [0, 0.1) is 0 Å². The third kappa shape index (κ3) is 7.17. The highest BCUT2D eigenvalue weighted by atomic mass is 19.4. The Bertz CT molecular complexity index is 860. The molecule has 12 heteroatoms. The van der Waals surface area contributed by atoms with Gasteiger partial charge in [-0.3, -0.25) is 20.0 Å². The average molecular weight is 457 g/mol. The molecule has 1 aromatic carbocycles. The van der Waals surface area contributed by atoms with Gasteiger partial charge in [0.05, 0.1) is 19.4 Å². The van der Waals surface area contributed by atoms with Crippen LogP contribution in [-0.4, -0.2) is 61.6 Å². The number of halogens is 3. The van der Waals surface area contributed by atoms with E-state index in [-0.39, 0.29) is 36.8 Å². The van der Waals surface area contributed by atoms with Gasteiger partial charge in [-0.1, -0.05) is 6.08 Å². The summed E-state index contributed by atoms with van der Waals surface area (Å²) in [7, 11) is 1.63. The van der Waals surface area contributed by atoms with Crippen molar-refractivity contribution in [1.82, 2.24) is 21.2 Å². The van der Waals surface area contributed by atoms with Crippen molar-refractivity contribution in [1.29, 1.82) is 0 Å². The number of hydrogen-bond donors (Lipinski definition) is 4. The van der Waals surface area contributed by atoms with Crippen molar-refractivity contribution in [2.75, 3.05) is 38.4 Å². The molecule has 0 aromatic heterocycles. The predicted octanol–water partition coefficient (Wildman–Crippen LogP) is 1.44. The number of aliphatic hydroxyl groups is 1. The molecule has 1 aliphatic rings. The molecule has 0 unspecified atom stereocenters. The van der Waals surface area contributed by atoms with Gasteiger partial charge in [0.2, 0.25) is 0 Å². The number of hydrogen-bond acceptors (Lipinski definition) is 7. The van der Waals surface area contributed by atoms with E-state index in [0.29, 0.717) is 18.5 Å². The van der Waals surface area contributed by atoms with Gasteiger partial charge in [-0.25, -0.2) is 0 Å². The van der Waals surface area contributed by atoms with Crippen LogP contribution in [0.25, 0.3) is 0 Å². The number of rotatable bonds is 11. The van der Waals surface area contributed by atoms with Crippen LogP contribution in [-0.2, 0) is 4.79 Å². The Morgan fingerprint density at radius 2 is 2.03 bits per heavy atom. The molecule has 0 saturated carbocycles. The van der Waals surface area contributed by atoms with Gasteiger partial charge >= 0.3 is 6.18 Å². The number of anilines is 1. The fraction of sp³-hybridized carbons (Fsp3) is 0.400. The first-order valence-corrected chi connectivity index (χ1v) is 9.79. The minimum absolute atomic E-state index is 0.00331. The number of carbonyl (C=O) groups is 2. The summed E-state index contributed by atoms with van der Waals surface area (Å²) < 4.78 is 43.1. The van der Waals surface area contributed by atoms with Crippen molar-refractivity contribution < 1.29 is 32.6 Å². The predicted molar refractivity (Wildman–Crippen MR) is 111 cm³/mol. The van der Waals surface area contributed by atoms with Gasteiger partial charge < -0.3 is 20.5 Å². The van der Waals surface area contributed by atoms with Gasteiger partial charge in [0.15, 0.2) is 0 Å². The zero-order chi connectivity index (χ0) is 23.7. The maximum absolute atomic E-state index is 12.4. The summed E-state index contributed by atoms with van der Waals surface area (Å²) in [6, 6.07) is 4.22. The molecular weight excluding hydrogens is 431 g/mol. The largest absolute Gasteiger partial charge is 0.491 e. The molecule has 2 amide bonds. The average Bonchev–Trinajstić information content (AvgIpc) is 3.14. The molecule has 32 heavy (non-hydrogen) atoms. The van der Waals surface area contributed by atoms with E-state index in [1.54, 1.807) is 18.1 Å². The molecule has 9 nitrogen and oxygen atoms in total. The van der Waals surface area contributed by atoms with Crippen LogP contribution in [0.5, 0.6) is 5.75 Å². The molecule has 2 rings (SSSR count). The first-order chi connectivity index (χ1) is 15.2. The third-order valence-electron chi connectivity index (χ3n) is 4.23. The van der Waals surface area contributed by atoms with E-state index in [0.717, 1.165) is 0 Å². The van der Waals surface area contributed by atoms with Crippen molar-refractivity contribution in [3.63, 3.8) is 0 Å². The Labute approximate surface area is 183 Å². The molecule has 0 saturated heterocycles. The number of benzene rings is 1. The van der Waals surface area contributed by atoms with E-state index in [4.69, 9.17) is 9.84 Å². The van der Waals surface area contributed by atoms with Crippen molar-refractivity contribution in [3.8, 4) is 5.75 Å². The summed E-state index contributed by atoms with van der Waals surface area (Å²) >= 11 is 0. The first-order valence-electron chi connectivity index (χ1n) is 9.79. The Morgan fingerprint density at radius 3 is 2.69 bits per heavy atom. The summed E-state index contributed by atoms with van der Waals surface area (Å²) in [6.45, 7) is 2.35. The molecule has 1 heterocycles. The Hall–Kier alpha value is -3.25. The molecular formula is C20H26F3N5O4. The summed E-state index contributed by atoms with van der Waals surface area (Å²) in [5.74, 6) is -1.09. The number of nitrogens with one attached hydrogen (secondary N) is 3. The van der Waals surface area contributed by atoms with E-state index < -0.39 is 24.5 Å². The number of hydrazine groups is 2. The number of amides is 2. The molecule has 0 bridgehead atoms. The zero-order valence-electron chi connectivity index (χ0n) is 17.5. The summed E-state index contributed by atoms with van der Waals surface area (Å²) in [5, 5.41) is 16.2. The molecule has 0 aliphatic carbocycles. The van der Waals surface area contributed by atoms with Crippen LogP contribution >= 0.6 is 0 Å². The van der Waals surface area contributed by atoms with Gasteiger partial charge in [-0.2, -0.15) is 13.2 Å². The van der Waals surface area contributed by atoms with E-state index in [9.17, 15) is 22.8 Å². The molecule has 1 aromatic rings. The maximum Gasteiger partial charge on any atom is 0.405 e. The molecule has 0 fully saturated rings. The molecule has 0 atom stereocenters. The fourth-order valence-corrected chi connectivity index (χ4v) is 2.72. The minimum Gasteiger partial charge on any atom is -0.491 e. The molecule has 1 aliphatic heterocycles. The van der Waals surface area contributed by atoms with Crippen LogP contribution in [0.2, 0.25) is 0 Å². The molecule has 176 valence electrons. The van der Waals surface area contributed by atoms with Gasteiger partial charge in [0, 0.05) is 19.2 Å². The van der Waals surface area contributed by atoms with Crippen molar-refractivity contribution in [2.24, 2.45) is 0 Å². The number of ether oxygens (including phenoxy) is 1. The third-order valence-corrected chi connectivity index (χ3v) is 4.23. The second-order valence-corrected chi connectivity index (χ2v) is 6.76. The monoisotopic (exact) mass is 457 g/mol. The lowest BCUT2D eigenvalue weighted by Gasteiger charge is -2.26. The highest BCUT2D eigenvalue weighted by Gasteiger charge is 2.29. The lowest BCUT2D eigenvalue weighted by molar-refractivity contribution is -0.123. The lowest BCUT2D eigenvalue weighted by Crippen LogP contribution is -2.41. The normalized spacial score (nSPS) is 13.9. The Balaban J connectivity index is 2.27. The number of aliphatic hydroxyl groups excluding tert-OH is 1. The van der Waals surface area contributed by atoms with Gasteiger partial charge in [-0.05, 0) is 31.0 Å². The van der Waals surface area contributed by atoms with E-state index in [2.05, 4.69) is 17.3 Å². The van der Waals surface area contributed by atoms with Gasteiger partial charge in [0.25, 0.3) is 11.8 Å². The Morgan fingerprint density at radius 1 is 1.28 bits per heavy atom. The second kappa shape index (κ2) is 11.4. The molecule has 0 spiro atoms. The molecule has 0 radical (unpaired) electrons. The topological polar surface area (TPSA) is 106 Å². The number of carbonyl (C=O) groups excluding carboxylic acids is 2.